The molecule has 8 nitrogen and oxygen atoms in total. The summed E-state index contributed by atoms with van der Waals surface area (Å²) in [5.74, 6) is 0.322. The van der Waals surface area contributed by atoms with E-state index in [2.05, 4.69) is 15.3 Å². The van der Waals surface area contributed by atoms with Crippen molar-refractivity contribution in [1.29, 1.82) is 0 Å². The Morgan fingerprint density at radius 1 is 1.33 bits per heavy atom. The molecule has 2 amide bonds. The molecular formula is C16H25N5O3. The molecule has 0 radical (unpaired) electrons. The third-order valence-corrected chi connectivity index (χ3v) is 4.36. The van der Waals surface area contributed by atoms with Gasteiger partial charge in [0.05, 0.1) is 25.5 Å². The Bertz CT molecular complexity index is 585. The van der Waals surface area contributed by atoms with Gasteiger partial charge in [-0.15, -0.1) is 0 Å². The van der Waals surface area contributed by atoms with E-state index in [1.807, 2.05) is 6.92 Å². The number of aromatic nitrogens is 2. The highest BCUT2D eigenvalue weighted by Gasteiger charge is 2.28. The first-order chi connectivity index (χ1) is 11.4. The summed E-state index contributed by atoms with van der Waals surface area (Å²) in [4.78, 5) is 34.0. The van der Waals surface area contributed by atoms with Gasteiger partial charge < -0.3 is 20.7 Å². The molecule has 2 unspecified atom stereocenters. The van der Waals surface area contributed by atoms with Crippen molar-refractivity contribution in [3.8, 4) is 5.88 Å². The maximum Gasteiger partial charge on any atom is 0.271 e. The molecule has 3 N–H and O–H groups in total. The first kappa shape index (κ1) is 18.1. The quantitative estimate of drug-likeness (QED) is 0.795. The van der Waals surface area contributed by atoms with Crippen LogP contribution in [0.1, 0.15) is 37.2 Å². The molecule has 2 rings (SSSR count). The van der Waals surface area contributed by atoms with Gasteiger partial charge >= 0.3 is 0 Å². The number of likely N-dealkylation sites (tertiary alicyclic amines) is 1. The van der Waals surface area contributed by atoms with Gasteiger partial charge in [-0.05, 0) is 32.6 Å². The number of nitrogens with zero attached hydrogens (tertiary/aromatic N) is 3. The summed E-state index contributed by atoms with van der Waals surface area (Å²) in [7, 11) is 1.48. The molecule has 1 aromatic rings. The van der Waals surface area contributed by atoms with Crippen molar-refractivity contribution in [3.05, 3.63) is 18.1 Å². The zero-order valence-corrected chi connectivity index (χ0v) is 14.4. The number of amides is 2. The topological polar surface area (TPSA) is 110 Å². The fourth-order valence-corrected chi connectivity index (χ4v) is 2.86. The van der Waals surface area contributed by atoms with E-state index < -0.39 is 6.04 Å². The minimum atomic E-state index is -0.467. The van der Waals surface area contributed by atoms with Crippen LogP contribution in [0, 0.1) is 5.92 Å². The van der Waals surface area contributed by atoms with Crippen molar-refractivity contribution in [2.45, 2.75) is 38.8 Å². The van der Waals surface area contributed by atoms with Gasteiger partial charge in [0.1, 0.15) is 5.69 Å². The van der Waals surface area contributed by atoms with E-state index in [1.165, 1.54) is 19.5 Å². The Labute approximate surface area is 141 Å². The van der Waals surface area contributed by atoms with Gasteiger partial charge in [-0.1, -0.05) is 0 Å². The summed E-state index contributed by atoms with van der Waals surface area (Å²) >= 11 is 0. The van der Waals surface area contributed by atoms with Crippen molar-refractivity contribution < 1.29 is 14.3 Å². The third-order valence-electron chi connectivity index (χ3n) is 4.36. The van der Waals surface area contributed by atoms with Crippen molar-refractivity contribution in [2.75, 3.05) is 20.2 Å². The van der Waals surface area contributed by atoms with Gasteiger partial charge in [0, 0.05) is 19.1 Å². The van der Waals surface area contributed by atoms with Gasteiger partial charge in [0.25, 0.3) is 5.91 Å². The highest BCUT2D eigenvalue weighted by molar-refractivity contribution is 5.92. The molecule has 1 aliphatic heterocycles. The number of carbonyl (C=O) groups excluding carboxylic acids is 2. The molecular weight excluding hydrogens is 310 g/mol. The molecule has 1 aromatic heterocycles. The lowest BCUT2D eigenvalue weighted by Gasteiger charge is -2.35. The lowest BCUT2D eigenvalue weighted by molar-refractivity contribution is -0.133. The SMILES string of the molecule is COc1cncc(C(=O)NC(C)C2CCN(C(=O)C(C)N)CC2)n1. The minimum absolute atomic E-state index is 0.0157. The molecule has 8 heteroatoms. The summed E-state index contributed by atoms with van der Waals surface area (Å²) < 4.78 is 4.98. The van der Waals surface area contributed by atoms with Crippen LogP contribution in [-0.4, -0.2) is 59.0 Å². The van der Waals surface area contributed by atoms with Crippen LogP contribution in [0.2, 0.25) is 0 Å². The highest BCUT2D eigenvalue weighted by atomic mass is 16.5. The standard InChI is InChI=1S/C16H25N5O3/c1-10(17)16(23)21-6-4-12(5-7-21)11(2)19-15(22)13-8-18-9-14(20-13)24-3/h8-12H,4-7,17H2,1-3H3,(H,19,22). The second-order valence-electron chi connectivity index (χ2n) is 6.16. The average Bonchev–Trinajstić information content (AvgIpc) is 2.61. The fraction of sp³-hybridized carbons (Fsp3) is 0.625. The molecule has 0 aliphatic carbocycles. The van der Waals surface area contributed by atoms with Crippen LogP contribution < -0.4 is 15.8 Å². The van der Waals surface area contributed by atoms with E-state index in [0.29, 0.717) is 24.9 Å². The van der Waals surface area contributed by atoms with Crippen molar-refractivity contribution >= 4 is 11.8 Å². The Hall–Kier alpha value is -2.22. The molecule has 1 saturated heterocycles. The summed E-state index contributed by atoms with van der Waals surface area (Å²) in [5, 5.41) is 2.96. The molecule has 0 spiro atoms. The Balaban J connectivity index is 1.88. The number of piperidine rings is 1. The van der Waals surface area contributed by atoms with Crippen LogP contribution in [0.15, 0.2) is 12.4 Å². The number of nitrogens with two attached hydrogens (primary N) is 1. The van der Waals surface area contributed by atoms with Gasteiger partial charge in [-0.25, -0.2) is 4.98 Å². The predicted molar refractivity (Wildman–Crippen MR) is 88.5 cm³/mol. The summed E-state index contributed by atoms with van der Waals surface area (Å²) in [6.45, 7) is 5.01. The molecule has 132 valence electrons. The summed E-state index contributed by atoms with van der Waals surface area (Å²) in [5.41, 5.74) is 5.87. The number of carbonyl (C=O) groups is 2. The highest BCUT2D eigenvalue weighted by Crippen LogP contribution is 2.21. The molecule has 1 aliphatic rings. The van der Waals surface area contributed by atoms with Crippen LogP contribution in [0.5, 0.6) is 5.88 Å². The van der Waals surface area contributed by atoms with Crippen LogP contribution in [0.25, 0.3) is 0 Å². The van der Waals surface area contributed by atoms with E-state index in [1.54, 1.807) is 11.8 Å². The Morgan fingerprint density at radius 3 is 2.58 bits per heavy atom. The van der Waals surface area contributed by atoms with Crippen molar-refractivity contribution in [2.24, 2.45) is 11.7 Å². The van der Waals surface area contributed by atoms with Gasteiger partial charge in [-0.3, -0.25) is 14.6 Å². The molecule has 0 aromatic carbocycles. The minimum Gasteiger partial charge on any atom is -0.480 e. The van der Waals surface area contributed by atoms with E-state index in [9.17, 15) is 9.59 Å². The molecule has 24 heavy (non-hydrogen) atoms. The molecule has 2 atom stereocenters. The molecule has 2 heterocycles. The largest absolute Gasteiger partial charge is 0.480 e. The monoisotopic (exact) mass is 335 g/mol. The summed E-state index contributed by atoms with van der Waals surface area (Å²) in [6, 6.07) is -0.483. The lowest BCUT2D eigenvalue weighted by atomic mass is 9.90. The third kappa shape index (κ3) is 4.41. The first-order valence-corrected chi connectivity index (χ1v) is 8.13. The number of ether oxygens (including phenoxy) is 1. The van der Waals surface area contributed by atoms with E-state index in [4.69, 9.17) is 10.5 Å². The second-order valence-corrected chi connectivity index (χ2v) is 6.16. The van der Waals surface area contributed by atoms with Crippen molar-refractivity contribution in [3.63, 3.8) is 0 Å². The maximum absolute atomic E-state index is 12.3. The number of hydrogen-bond donors (Lipinski definition) is 2. The van der Waals surface area contributed by atoms with Crippen LogP contribution in [-0.2, 0) is 4.79 Å². The Kier molecular flexibility index (Phi) is 6.08. The zero-order valence-electron chi connectivity index (χ0n) is 14.4. The lowest BCUT2D eigenvalue weighted by Crippen LogP contribution is -2.49. The van der Waals surface area contributed by atoms with E-state index >= 15 is 0 Å². The van der Waals surface area contributed by atoms with Crippen LogP contribution in [0.4, 0.5) is 0 Å². The summed E-state index contributed by atoms with van der Waals surface area (Å²) in [6.07, 6.45) is 4.53. The zero-order chi connectivity index (χ0) is 17.7. The second kappa shape index (κ2) is 8.05. The van der Waals surface area contributed by atoms with E-state index in [-0.39, 0.29) is 23.6 Å². The molecule has 0 bridgehead atoms. The van der Waals surface area contributed by atoms with Crippen LogP contribution in [0.3, 0.4) is 0 Å². The van der Waals surface area contributed by atoms with Gasteiger partial charge in [0.2, 0.25) is 11.8 Å². The first-order valence-electron chi connectivity index (χ1n) is 8.13. The van der Waals surface area contributed by atoms with Crippen molar-refractivity contribution in [1.82, 2.24) is 20.2 Å². The van der Waals surface area contributed by atoms with Gasteiger partial charge in [0.15, 0.2) is 0 Å². The average molecular weight is 335 g/mol. The molecule has 1 fully saturated rings. The van der Waals surface area contributed by atoms with Crippen LogP contribution >= 0.6 is 0 Å². The number of methoxy groups -OCH3 is 1. The fourth-order valence-electron chi connectivity index (χ4n) is 2.86. The Morgan fingerprint density at radius 2 is 2.00 bits per heavy atom. The van der Waals surface area contributed by atoms with E-state index in [0.717, 1.165) is 12.8 Å². The smallest absolute Gasteiger partial charge is 0.271 e. The molecule has 0 saturated carbocycles. The normalized spacial score (nSPS) is 17.9. The maximum atomic E-state index is 12.3. The van der Waals surface area contributed by atoms with Gasteiger partial charge in [-0.2, -0.15) is 0 Å². The number of rotatable bonds is 5. The predicted octanol–water partition coefficient (Wildman–Crippen LogP) is 0.189. The number of hydrogen-bond acceptors (Lipinski definition) is 6. The number of nitrogens with one attached hydrogen (secondary N) is 1.